The molecule has 0 unspecified atom stereocenters. The van der Waals surface area contributed by atoms with E-state index in [-0.39, 0.29) is 0 Å². The van der Waals surface area contributed by atoms with Gasteiger partial charge in [-0.25, -0.2) is 13.5 Å². The van der Waals surface area contributed by atoms with Crippen molar-refractivity contribution in [3.05, 3.63) is 0 Å². The van der Waals surface area contributed by atoms with Crippen LogP contribution in [0.3, 0.4) is 0 Å². The number of alkyl halides is 34. The Labute approximate surface area is 251 Å². The molecule has 0 aliphatic heterocycles. The monoisotopic (exact) mass is 854 g/mol. The molecule has 0 amide bonds. The first-order valence-electron chi connectivity index (χ1n) is 10.3. The maximum atomic E-state index is 13.6. The van der Waals surface area contributed by atoms with Gasteiger partial charge in [0.1, 0.15) is 0 Å². The van der Waals surface area contributed by atoms with Gasteiger partial charge in [0, 0.05) is 0 Å². The van der Waals surface area contributed by atoms with E-state index in [4.69, 9.17) is 0 Å². The van der Waals surface area contributed by atoms with Crippen molar-refractivity contribution in [3.8, 4) is 0 Å². The molecule has 0 bridgehead atoms. The van der Waals surface area contributed by atoms with Crippen LogP contribution in [-0.2, 0) is 4.74 Å². The van der Waals surface area contributed by atoms with Crippen molar-refractivity contribution in [3.63, 3.8) is 0 Å². The van der Waals surface area contributed by atoms with E-state index in [1.807, 2.05) is 0 Å². The van der Waals surface area contributed by atoms with Crippen molar-refractivity contribution in [1.82, 2.24) is 0 Å². The summed E-state index contributed by atoms with van der Waals surface area (Å²) in [4.78, 5) is 0. The zero-order chi connectivity index (χ0) is 42.7. The van der Waals surface area contributed by atoms with E-state index in [0.717, 1.165) is 0 Å². The van der Waals surface area contributed by atoms with Gasteiger partial charge in [-0.05, 0) is 0 Å². The highest BCUT2D eigenvalue weighted by atomic mass is 19.5. The Bertz CT molecular complexity index is 1130. The molecule has 0 saturated carbocycles. The summed E-state index contributed by atoms with van der Waals surface area (Å²) in [6.45, 7) is 0. The standard InChI is InChI=1S/C16F34O/c17-1(11(35,36)37,12(38,39)40)3(19,20)5(23,24)7(27,28)9(31,32)15(47,48)51-16(49,50)10(33,34)8(29,30)6(25,26)4(21,22)2(18,13(41,42)43)14(44,45)46. The minimum Gasteiger partial charge on any atom is -0.245 e. The van der Waals surface area contributed by atoms with Gasteiger partial charge < -0.3 is 0 Å². The number of hydrogen-bond acceptors (Lipinski definition) is 1. The third-order valence-electron chi connectivity index (χ3n) is 5.78. The van der Waals surface area contributed by atoms with Crippen molar-refractivity contribution in [2.75, 3.05) is 0 Å². The number of hydrogen-bond donors (Lipinski definition) is 0. The summed E-state index contributed by atoms with van der Waals surface area (Å²) >= 11 is 0. The number of ether oxygens (including phenoxy) is 1. The molecule has 0 radical (unpaired) electrons. The summed E-state index contributed by atoms with van der Waals surface area (Å²) in [5.74, 6) is -78.2. The van der Waals surface area contributed by atoms with E-state index in [9.17, 15) is 149 Å². The Hall–Kier alpha value is -2.42. The van der Waals surface area contributed by atoms with E-state index >= 15 is 0 Å². The summed E-state index contributed by atoms with van der Waals surface area (Å²) in [5.41, 5.74) is -18.6. The summed E-state index contributed by atoms with van der Waals surface area (Å²) < 4.78 is 446. The molecule has 51 heavy (non-hydrogen) atoms. The van der Waals surface area contributed by atoms with Gasteiger partial charge in [0.25, 0.3) is 0 Å². The number of halogens is 34. The van der Waals surface area contributed by atoms with E-state index < -0.39 is 95.6 Å². The summed E-state index contributed by atoms with van der Waals surface area (Å²) in [5, 5.41) is 0. The largest absolute Gasteiger partial charge is 0.438 e. The van der Waals surface area contributed by atoms with Crippen LogP contribution in [0.15, 0.2) is 0 Å². The normalized spacial score (nSPS) is 17.3. The highest BCUT2D eigenvalue weighted by Gasteiger charge is 3.00. The molecule has 308 valence electrons. The third-order valence-corrected chi connectivity index (χ3v) is 5.78. The molecule has 0 aliphatic carbocycles. The fourth-order valence-corrected chi connectivity index (χ4v) is 2.91. The first-order valence-corrected chi connectivity index (χ1v) is 10.3. The van der Waals surface area contributed by atoms with Gasteiger partial charge in [-0.1, -0.05) is 0 Å². The fraction of sp³-hybridized carbons (Fsp3) is 1.00. The molecule has 0 fully saturated rings. The first kappa shape index (κ1) is 48.6. The Morgan fingerprint density at radius 2 is 0.314 bits per heavy atom. The highest BCUT2D eigenvalue weighted by Crippen LogP contribution is 2.68. The second-order valence-corrected chi connectivity index (χ2v) is 9.04. The molecule has 35 heteroatoms. The molecule has 0 aromatic carbocycles. The second kappa shape index (κ2) is 11.5. The molecule has 0 N–H and O–H groups in total. The van der Waals surface area contributed by atoms with Gasteiger partial charge in [-0.2, -0.15) is 140 Å². The van der Waals surface area contributed by atoms with Crippen molar-refractivity contribution >= 4 is 0 Å². The summed E-state index contributed by atoms with van der Waals surface area (Å²) in [6, 6.07) is 0. The van der Waals surface area contributed by atoms with Crippen LogP contribution in [0.2, 0.25) is 0 Å². The van der Waals surface area contributed by atoms with E-state index in [1.54, 1.807) is 0 Å². The Kier molecular flexibility index (Phi) is 11.0. The van der Waals surface area contributed by atoms with Gasteiger partial charge in [0.05, 0.1) is 0 Å². The minimum absolute atomic E-state index is 0.424. The maximum absolute atomic E-state index is 13.6. The summed E-state index contributed by atoms with van der Waals surface area (Å²) in [7, 11) is 0. The van der Waals surface area contributed by atoms with Crippen LogP contribution in [0.5, 0.6) is 0 Å². The molecular formula is C16F34O. The van der Waals surface area contributed by atoms with Crippen LogP contribution in [-0.4, -0.2) is 95.6 Å². The molecule has 0 rings (SSSR count). The van der Waals surface area contributed by atoms with Crippen LogP contribution < -0.4 is 0 Å². The fourth-order valence-electron chi connectivity index (χ4n) is 2.91. The van der Waals surface area contributed by atoms with Crippen LogP contribution in [0.1, 0.15) is 0 Å². The van der Waals surface area contributed by atoms with Crippen molar-refractivity contribution in [1.29, 1.82) is 0 Å². The van der Waals surface area contributed by atoms with Crippen LogP contribution in [0.25, 0.3) is 0 Å². The Morgan fingerprint density at radius 3 is 0.451 bits per heavy atom. The van der Waals surface area contributed by atoms with E-state index in [1.165, 1.54) is 0 Å². The van der Waals surface area contributed by atoms with Crippen molar-refractivity contribution < 1.29 is 154 Å². The highest BCUT2D eigenvalue weighted by molar-refractivity contribution is 5.19. The van der Waals surface area contributed by atoms with Gasteiger partial charge >= 0.3 is 95.6 Å². The average molecular weight is 854 g/mol. The smallest absolute Gasteiger partial charge is 0.245 e. The molecule has 0 aromatic heterocycles. The minimum atomic E-state index is -9.85. The lowest BCUT2D eigenvalue weighted by Gasteiger charge is -2.45. The molecule has 0 aromatic rings. The quantitative estimate of drug-likeness (QED) is 0.178. The lowest BCUT2D eigenvalue weighted by Crippen LogP contribution is -2.78. The zero-order valence-electron chi connectivity index (χ0n) is 21.3. The van der Waals surface area contributed by atoms with Gasteiger partial charge in [0.15, 0.2) is 0 Å². The molecule has 0 atom stereocenters. The lowest BCUT2D eigenvalue weighted by molar-refractivity contribution is -0.530. The Balaban J connectivity index is 7.54. The van der Waals surface area contributed by atoms with E-state index in [0.29, 0.717) is 4.74 Å². The molecule has 0 saturated heterocycles. The molecule has 0 spiro atoms. The molecule has 1 nitrogen and oxygen atoms in total. The lowest BCUT2D eigenvalue weighted by atomic mass is 9.85. The van der Waals surface area contributed by atoms with Crippen LogP contribution in [0, 0.1) is 0 Å². The topological polar surface area (TPSA) is 9.23 Å². The zero-order valence-corrected chi connectivity index (χ0v) is 21.3. The van der Waals surface area contributed by atoms with Crippen LogP contribution in [0.4, 0.5) is 149 Å². The van der Waals surface area contributed by atoms with Crippen LogP contribution >= 0.6 is 0 Å². The van der Waals surface area contributed by atoms with Gasteiger partial charge in [-0.15, -0.1) is 0 Å². The maximum Gasteiger partial charge on any atom is 0.438 e. The van der Waals surface area contributed by atoms with E-state index in [2.05, 4.69) is 0 Å². The number of rotatable bonds is 12. The Morgan fingerprint density at radius 1 is 0.176 bits per heavy atom. The van der Waals surface area contributed by atoms with Gasteiger partial charge in [-0.3, -0.25) is 0 Å². The third kappa shape index (κ3) is 5.89. The average Bonchev–Trinajstić information content (AvgIpc) is 2.82. The second-order valence-electron chi connectivity index (χ2n) is 9.04. The molecular weight excluding hydrogens is 854 g/mol. The molecule has 0 heterocycles. The predicted octanol–water partition coefficient (Wildman–Crippen LogP) is 10.9. The van der Waals surface area contributed by atoms with Gasteiger partial charge in [0.2, 0.25) is 0 Å². The SMILES string of the molecule is FC(F)(F)C(F)(C(F)(F)F)C(F)(F)C(F)(F)C(F)(F)C(F)(F)C(F)(F)OC(F)(F)C(F)(F)C(F)(F)C(F)(F)C(F)(F)C(F)(C(F)(F)F)C(F)(F)F. The summed E-state index contributed by atoms with van der Waals surface area (Å²) in [6.07, 6.45) is -54.0. The molecule has 0 aliphatic rings. The van der Waals surface area contributed by atoms with Crippen molar-refractivity contribution in [2.24, 2.45) is 0 Å². The van der Waals surface area contributed by atoms with Crippen molar-refractivity contribution in [2.45, 2.75) is 95.6 Å². The predicted molar refractivity (Wildman–Crippen MR) is 82.5 cm³/mol. The first-order chi connectivity index (χ1) is 21.2.